The molecule has 1 aromatic carbocycles. The largest absolute Gasteiger partial charge is 0.496 e. The second kappa shape index (κ2) is 8.73. The number of benzene rings is 1. The van der Waals surface area contributed by atoms with E-state index >= 15 is 0 Å². The molecule has 1 aromatic heterocycles. The summed E-state index contributed by atoms with van der Waals surface area (Å²) in [6.45, 7) is 3.31. The molecule has 122 valence electrons. The van der Waals surface area contributed by atoms with Crippen LogP contribution >= 0.6 is 0 Å². The van der Waals surface area contributed by atoms with Crippen LogP contribution in [0.2, 0.25) is 0 Å². The second-order valence-electron chi connectivity index (χ2n) is 5.08. The molecule has 0 unspecified atom stereocenters. The van der Waals surface area contributed by atoms with Gasteiger partial charge in [-0.1, -0.05) is 31.5 Å². The van der Waals surface area contributed by atoms with Crippen LogP contribution < -0.4 is 15.4 Å². The van der Waals surface area contributed by atoms with Gasteiger partial charge in [-0.2, -0.15) is 0 Å². The third-order valence-corrected chi connectivity index (χ3v) is 3.37. The van der Waals surface area contributed by atoms with Crippen molar-refractivity contribution in [2.75, 3.05) is 19.0 Å². The van der Waals surface area contributed by atoms with E-state index in [0.29, 0.717) is 24.6 Å². The Morgan fingerprint density at radius 2 is 2.00 bits per heavy atom. The summed E-state index contributed by atoms with van der Waals surface area (Å²) < 4.78 is 5.30. The normalized spacial score (nSPS) is 10.2. The molecule has 2 N–H and O–H groups in total. The Morgan fingerprint density at radius 1 is 1.17 bits per heavy atom. The highest BCUT2D eigenvalue weighted by Gasteiger charge is 2.07. The zero-order valence-electron chi connectivity index (χ0n) is 13.5. The summed E-state index contributed by atoms with van der Waals surface area (Å²) in [7, 11) is 1.64. The Hall–Kier alpha value is -2.63. The molecule has 0 radical (unpaired) electrons. The van der Waals surface area contributed by atoms with E-state index < -0.39 is 0 Å². The summed E-state index contributed by atoms with van der Waals surface area (Å²) in [6, 6.07) is 11.2. The van der Waals surface area contributed by atoms with E-state index in [1.807, 2.05) is 24.3 Å². The molecule has 0 aliphatic carbocycles. The van der Waals surface area contributed by atoms with Gasteiger partial charge in [-0.15, -0.1) is 10.2 Å². The summed E-state index contributed by atoms with van der Waals surface area (Å²) in [5.41, 5.74) is 1.35. The van der Waals surface area contributed by atoms with Crippen molar-refractivity contribution in [1.82, 2.24) is 15.5 Å². The molecule has 23 heavy (non-hydrogen) atoms. The first-order chi connectivity index (χ1) is 11.2. The highest BCUT2D eigenvalue weighted by atomic mass is 16.5. The van der Waals surface area contributed by atoms with E-state index in [9.17, 15) is 4.79 Å². The highest BCUT2D eigenvalue weighted by molar-refractivity contribution is 5.92. The Morgan fingerprint density at radius 3 is 2.70 bits per heavy atom. The number of methoxy groups -OCH3 is 1. The van der Waals surface area contributed by atoms with Gasteiger partial charge in [0.05, 0.1) is 7.11 Å². The zero-order chi connectivity index (χ0) is 16.5. The van der Waals surface area contributed by atoms with Crippen LogP contribution in [0.25, 0.3) is 0 Å². The van der Waals surface area contributed by atoms with E-state index in [0.717, 1.165) is 24.2 Å². The Bertz CT molecular complexity index is 629. The van der Waals surface area contributed by atoms with Gasteiger partial charge in [0.2, 0.25) is 0 Å². The van der Waals surface area contributed by atoms with Gasteiger partial charge in [-0.25, -0.2) is 0 Å². The Kier molecular flexibility index (Phi) is 6.35. The van der Waals surface area contributed by atoms with Crippen molar-refractivity contribution in [2.24, 2.45) is 0 Å². The summed E-state index contributed by atoms with van der Waals surface area (Å²) in [6.07, 6.45) is 2.00. The fraction of sp³-hybridized carbons (Fsp3) is 0.353. The third-order valence-electron chi connectivity index (χ3n) is 3.37. The average Bonchev–Trinajstić information content (AvgIpc) is 2.60. The van der Waals surface area contributed by atoms with E-state index in [2.05, 4.69) is 27.8 Å². The van der Waals surface area contributed by atoms with Gasteiger partial charge in [-0.05, 0) is 24.6 Å². The number of hydrogen-bond donors (Lipinski definition) is 2. The third kappa shape index (κ3) is 4.95. The molecule has 6 nitrogen and oxygen atoms in total. The molecule has 0 bridgehead atoms. The number of carbonyl (C=O) groups excluding carboxylic acids is 1. The fourth-order valence-corrected chi connectivity index (χ4v) is 2.05. The molecular formula is C17H22N4O2. The predicted molar refractivity (Wildman–Crippen MR) is 89.6 cm³/mol. The minimum Gasteiger partial charge on any atom is -0.496 e. The number of anilines is 1. The maximum atomic E-state index is 11.8. The molecule has 1 amide bonds. The number of amides is 1. The quantitative estimate of drug-likeness (QED) is 0.733. The van der Waals surface area contributed by atoms with E-state index in [4.69, 9.17) is 4.74 Å². The number of para-hydroxylation sites is 1. The number of carbonyl (C=O) groups is 1. The first kappa shape index (κ1) is 16.7. The molecule has 0 saturated carbocycles. The van der Waals surface area contributed by atoms with E-state index in [1.165, 1.54) is 0 Å². The summed E-state index contributed by atoms with van der Waals surface area (Å²) in [5, 5.41) is 14.0. The van der Waals surface area contributed by atoms with Gasteiger partial charge in [0.1, 0.15) is 11.6 Å². The molecule has 1 heterocycles. The van der Waals surface area contributed by atoms with Crippen molar-refractivity contribution < 1.29 is 9.53 Å². The van der Waals surface area contributed by atoms with Gasteiger partial charge >= 0.3 is 0 Å². The van der Waals surface area contributed by atoms with Crippen LogP contribution in [0.15, 0.2) is 36.4 Å². The van der Waals surface area contributed by atoms with Crippen LogP contribution in [-0.2, 0) is 6.54 Å². The van der Waals surface area contributed by atoms with Crippen molar-refractivity contribution in [3.8, 4) is 5.75 Å². The minimum atomic E-state index is -0.192. The molecule has 0 spiro atoms. The van der Waals surface area contributed by atoms with Crippen LogP contribution in [-0.4, -0.2) is 29.8 Å². The number of rotatable bonds is 8. The molecular weight excluding hydrogens is 292 g/mol. The van der Waals surface area contributed by atoms with Gasteiger partial charge in [0.25, 0.3) is 5.91 Å². The summed E-state index contributed by atoms with van der Waals surface area (Å²) >= 11 is 0. The monoisotopic (exact) mass is 314 g/mol. The zero-order valence-corrected chi connectivity index (χ0v) is 13.5. The minimum absolute atomic E-state index is 0.192. The summed E-state index contributed by atoms with van der Waals surface area (Å²) in [5.74, 6) is 1.24. The topological polar surface area (TPSA) is 76.1 Å². The van der Waals surface area contributed by atoms with E-state index in [1.54, 1.807) is 19.2 Å². The molecule has 6 heteroatoms. The van der Waals surface area contributed by atoms with Gasteiger partial charge in [0, 0.05) is 18.7 Å². The first-order valence-corrected chi connectivity index (χ1v) is 7.72. The molecule has 2 rings (SSSR count). The molecule has 0 saturated heterocycles. The lowest BCUT2D eigenvalue weighted by molar-refractivity contribution is 0.0947. The number of unbranched alkanes of at least 4 members (excludes halogenated alkanes) is 1. The molecule has 0 aliphatic heterocycles. The molecule has 0 fully saturated rings. The van der Waals surface area contributed by atoms with Gasteiger partial charge in [-0.3, -0.25) is 4.79 Å². The van der Waals surface area contributed by atoms with Crippen molar-refractivity contribution in [3.05, 3.63) is 47.7 Å². The van der Waals surface area contributed by atoms with Crippen molar-refractivity contribution in [1.29, 1.82) is 0 Å². The first-order valence-electron chi connectivity index (χ1n) is 7.72. The number of nitrogens with one attached hydrogen (secondary N) is 2. The van der Waals surface area contributed by atoms with Crippen molar-refractivity contribution in [3.63, 3.8) is 0 Å². The molecule has 0 atom stereocenters. The van der Waals surface area contributed by atoms with Crippen LogP contribution in [0.3, 0.4) is 0 Å². The average molecular weight is 314 g/mol. The van der Waals surface area contributed by atoms with E-state index in [-0.39, 0.29) is 5.91 Å². The lowest BCUT2D eigenvalue weighted by atomic mass is 10.2. The van der Waals surface area contributed by atoms with Gasteiger partial charge < -0.3 is 15.4 Å². The second-order valence-corrected chi connectivity index (χ2v) is 5.08. The number of aromatic nitrogens is 2. The molecule has 2 aromatic rings. The standard InChI is InChI=1S/C17H22N4O2/c1-3-4-11-18-17(22)14-9-10-16(21-20-14)19-12-13-7-5-6-8-15(13)23-2/h5-10H,3-4,11-12H2,1-2H3,(H,18,22)(H,19,21). The highest BCUT2D eigenvalue weighted by Crippen LogP contribution is 2.18. The fourth-order valence-electron chi connectivity index (χ4n) is 2.05. The number of hydrogen-bond acceptors (Lipinski definition) is 5. The SMILES string of the molecule is CCCCNC(=O)c1ccc(NCc2ccccc2OC)nn1. The lowest BCUT2D eigenvalue weighted by Crippen LogP contribution is -2.25. The van der Waals surface area contributed by atoms with Gasteiger partial charge in [0.15, 0.2) is 5.69 Å². The van der Waals surface area contributed by atoms with Crippen molar-refractivity contribution >= 4 is 11.7 Å². The maximum absolute atomic E-state index is 11.8. The lowest BCUT2D eigenvalue weighted by Gasteiger charge is -2.09. The number of ether oxygens (including phenoxy) is 1. The van der Waals surface area contributed by atoms with Crippen LogP contribution in [0.5, 0.6) is 5.75 Å². The van der Waals surface area contributed by atoms with Crippen LogP contribution in [0.1, 0.15) is 35.8 Å². The Balaban J connectivity index is 1.91. The van der Waals surface area contributed by atoms with Crippen LogP contribution in [0.4, 0.5) is 5.82 Å². The number of nitrogens with zero attached hydrogens (tertiary/aromatic N) is 2. The summed E-state index contributed by atoms with van der Waals surface area (Å²) in [4.78, 5) is 11.8. The predicted octanol–water partition coefficient (Wildman–Crippen LogP) is 2.63. The van der Waals surface area contributed by atoms with Crippen molar-refractivity contribution in [2.45, 2.75) is 26.3 Å². The smallest absolute Gasteiger partial charge is 0.271 e. The van der Waals surface area contributed by atoms with Crippen LogP contribution in [0, 0.1) is 0 Å². The maximum Gasteiger partial charge on any atom is 0.271 e. The Labute approximate surface area is 136 Å². The molecule has 0 aliphatic rings.